The van der Waals surface area contributed by atoms with Gasteiger partial charge in [-0.05, 0) is 30.0 Å². The average Bonchev–Trinajstić information content (AvgIpc) is 2.94. The third kappa shape index (κ3) is 3.35. The second-order valence-corrected chi connectivity index (χ2v) is 5.98. The lowest BCUT2D eigenvalue weighted by molar-refractivity contribution is -0.129. The third-order valence-corrected chi connectivity index (χ3v) is 4.25. The minimum atomic E-state index is -0.299. The summed E-state index contributed by atoms with van der Waals surface area (Å²) in [5.74, 6) is 1.27. The van der Waals surface area contributed by atoms with Crippen LogP contribution in [0.25, 0.3) is 0 Å². The molecule has 1 atom stereocenters. The quantitative estimate of drug-likeness (QED) is 0.869. The van der Waals surface area contributed by atoms with Crippen LogP contribution in [0.4, 0.5) is 4.39 Å². The Labute approximate surface area is 129 Å². The van der Waals surface area contributed by atoms with Crippen LogP contribution in [-0.2, 0) is 24.2 Å². The molecule has 0 saturated heterocycles. The van der Waals surface area contributed by atoms with Gasteiger partial charge in [-0.15, -0.1) is 0 Å². The second kappa shape index (κ2) is 6.30. The number of nitrogens with zero attached hydrogens (tertiary/aromatic N) is 3. The fourth-order valence-corrected chi connectivity index (χ4v) is 3.02. The number of halogens is 1. The molecule has 0 radical (unpaired) electrons. The largest absolute Gasteiger partial charge is 0.345 e. The number of imidazole rings is 1. The lowest BCUT2D eigenvalue weighted by Gasteiger charge is -2.28. The zero-order chi connectivity index (χ0) is 15.5. The first-order valence-electron chi connectivity index (χ1n) is 7.60. The van der Waals surface area contributed by atoms with Gasteiger partial charge in [0.25, 0.3) is 0 Å². The molecule has 2 heterocycles. The van der Waals surface area contributed by atoms with Gasteiger partial charge in [0.1, 0.15) is 11.6 Å². The standard InChI is InChI=1S/C17H20FN3O/c1-20(17(22)11-13-3-2-4-15(18)9-13)12-14-5-7-21-8-6-19-16(21)10-14/h2-4,6,8-9,14H,5,7,10-12H2,1H3. The van der Waals surface area contributed by atoms with Crippen molar-refractivity contribution < 1.29 is 9.18 Å². The third-order valence-electron chi connectivity index (χ3n) is 4.25. The van der Waals surface area contributed by atoms with Crippen LogP contribution in [0.3, 0.4) is 0 Å². The molecule has 116 valence electrons. The minimum absolute atomic E-state index is 0.0273. The van der Waals surface area contributed by atoms with Crippen LogP contribution in [0.2, 0.25) is 0 Å². The van der Waals surface area contributed by atoms with E-state index in [2.05, 4.69) is 9.55 Å². The Hall–Kier alpha value is -2.17. The minimum Gasteiger partial charge on any atom is -0.345 e. The maximum atomic E-state index is 13.2. The molecule has 22 heavy (non-hydrogen) atoms. The van der Waals surface area contributed by atoms with Crippen LogP contribution in [-0.4, -0.2) is 34.0 Å². The van der Waals surface area contributed by atoms with Gasteiger partial charge in [0.2, 0.25) is 5.91 Å². The molecule has 1 aliphatic heterocycles. The van der Waals surface area contributed by atoms with E-state index in [1.165, 1.54) is 12.1 Å². The second-order valence-electron chi connectivity index (χ2n) is 5.98. The van der Waals surface area contributed by atoms with Crippen LogP contribution >= 0.6 is 0 Å². The number of benzene rings is 1. The van der Waals surface area contributed by atoms with Crippen molar-refractivity contribution in [2.24, 2.45) is 5.92 Å². The van der Waals surface area contributed by atoms with Crippen LogP contribution in [0.5, 0.6) is 0 Å². The predicted molar refractivity (Wildman–Crippen MR) is 81.8 cm³/mol. The fraction of sp³-hybridized carbons (Fsp3) is 0.412. The normalized spacial score (nSPS) is 17.1. The van der Waals surface area contributed by atoms with Crippen LogP contribution in [0.1, 0.15) is 17.8 Å². The number of amides is 1. The summed E-state index contributed by atoms with van der Waals surface area (Å²) in [4.78, 5) is 18.4. The first-order valence-corrected chi connectivity index (χ1v) is 7.60. The fourth-order valence-electron chi connectivity index (χ4n) is 3.02. The van der Waals surface area contributed by atoms with Crippen molar-refractivity contribution >= 4 is 5.91 Å². The number of carbonyl (C=O) groups excluding carboxylic acids is 1. The molecule has 0 N–H and O–H groups in total. The van der Waals surface area contributed by atoms with E-state index in [1.54, 1.807) is 17.0 Å². The van der Waals surface area contributed by atoms with E-state index in [0.29, 0.717) is 5.92 Å². The number of fused-ring (bicyclic) bond motifs is 1. The van der Waals surface area contributed by atoms with Crippen molar-refractivity contribution in [1.82, 2.24) is 14.5 Å². The number of rotatable bonds is 4. The van der Waals surface area contributed by atoms with E-state index in [-0.39, 0.29) is 18.1 Å². The maximum Gasteiger partial charge on any atom is 0.226 e. The summed E-state index contributed by atoms with van der Waals surface area (Å²) in [7, 11) is 1.82. The molecule has 4 nitrogen and oxygen atoms in total. The average molecular weight is 301 g/mol. The monoisotopic (exact) mass is 301 g/mol. The summed E-state index contributed by atoms with van der Waals surface area (Å²) in [5, 5.41) is 0. The van der Waals surface area contributed by atoms with Crippen molar-refractivity contribution in [3.05, 3.63) is 53.9 Å². The summed E-state index contributed by atoms with van der Waals surface area (Å²) in [6.07, 6.45) is 6.04. The van der Waals surface area contributed by atoms with E-state index in [1.807, 2.05) is 19.4 Å². The molecular formula is C17H20FN3O. The summed E-state index contributed by atoms with van der Waals surface area (Å²) < 4.78 is 15.3. The lowest BCUT2D eigenvalue weighted by Crippen LogP contribution is -2.35. The van der Waals surface area contributed by atoms with Gasteiger partial charge in [0.05, 0.1) is 6.42 Å². The maximum absolute atomic E-state index is 13.2. The molecule has 3 rings (SSSR count). The van der Waals surface area contributed by atoms with Crippen LogP contribution in [0.15, 0.2) is 36.7 Å². The van der Waals surface area contributed by atoms with Gasteiger partial charge in [-0.1, -0.05) is 12.1 Å². The van der Waals surface area contributed by atoms with Gasteiger partial charge in [-0.25, -0.2) is 9.37 Å². The number of likely N-dealkylation sites (N-methyl/N-ethyl adjacent to an activating group) is 1. The number of carbonyl (C=O) groups is 1. The van der Waals surface area contributed by atoms with Crippen molar-refractivity contribution in [3.8, 4) is 0 Å². The van der Waals surface area contributed by atoms with Gasteiger partial charge in [-0.2, -0.15) is 0 Å². The molecule has 5 heteroatoms. The zero-order valence-electron chi connectivity index (χ0n) is 12.7. The van der Waals surface area contributed by atoms with E-state index >= 15 is 0 Å². The summed E-state index contributed by atoms with van der Waals surface area (Å²) in [6, 6.07) is 6.23. The molecule has 0 bridgehead atoms. The first kappa shape index (κ1) is 14.8. The molecule has 1 amide bonds. The Kier molecular flexibility index (Phi) is 4.22. The summed E-state index contributed by atoms with van der Waals surface area (Å²) >= 11 is 0. The zero-order valence-corrected chi connectivity index (χ0v) is 12.7. The summed E-state index contributed by atoms with van der Waals surface area (Å²) in [6.45, 7) is 1.69. The van der Waals surface area contributed by atoms with E-state index in [0.717, 1.165) is 37.3 Å². The summed E-state index contributed by atoms with van der Waals surface area (Å²) in [5.41, 5.74) is 0.719. The van der Waals surface area contributed by atoms with E-state index in [9.17, 15) is 9.18 Å². The highest BCUT2D eigenvalue weighted by atomic mass is 19.1. The van der Waals surface area contributed by atoms with Crippen molar-refractivity contribution in [1.29, 1.82) is 0 Å². The molecule has 0 spiro atoms. The van der Waals surface area contributed by atoms with Crippen LogP contribution in [0, 0.1) is 11.7 Å². The highest BCUT2D eigenvalue weighted by molar-refractivity contribution is 5.78. The number of aryl methyl sites for hydroxylation is 1. The topological polar surface area (TPSA) is 38.1 Å². The molecule has 0 fully saturated rings. The SMILES string of the molecule is CN(CC1CCn2ccnc2C1)C(=O)Cc1cccc(F)c1. The Morgan fingerprint density at radius 2 is 2.36 bits per heavy atom. The van der Waals surface area contributed by atoms with Gasteiger partial charge in [0, 0.05) is 39.0 Å². The molecule has 1 unspecified atom stereocenters. The van der Waals surface area contributed by atoms with Gasteiger partial charge in [-0.3, -0.25) is 4.79 Å². The predicted octanol–water partition coefficient (Wildman–Crippen LogP) is 2.29. The smallest absolute Gasteiger partial charge is 0.226 e. The highest BCUT2D eigenvalue weighted by Gasteiger charge is 2.22. The lowest BCUT2D eigenvalue weighted by atomic mass is 9.97. The van der Waals surface area contributed by atoms with Crippen molar-refractivity contribution in [2.45, 2.75) is 25.8 Å². The Balaban J connectivity index is 1.55. The van der Waals surface area contributed by atoms with Gasteiger partial charge in [0.15, 0.2) is 0 Å². The molecule has 0 saturated carbocycles. The van der Waals surface area contributed by atoms with Gasteiger partial charge >= 0.3 is 0 Å². The van der Waals surface area contributed by atoms with Gasteiger partial charge < -0.3 is 9.47 Å². The number of hydrogen-bond acceptors (Lipinski definition) is 2. The number of aromatic nitrogens is 2. The molecule has 2 aromatic rings. The van der Waals surface area contributed by atoms with Crippen LogP contribution < -0.4 is 0 Å². The Bertz CT molecular complexity index is 667. The molecule has 1 aromatic carbocycles. The number of hydrogen-bond donors (Lipinski definition) is 0. The highest BCUT2D eigenvalue weighted by Crippen LogP contribution is 2.20. The van der Waals surface area contributed by atoms with Crippen molar-refractivity contribution in [2.75, 3.05) is 13.6 Å². The van der Waals surface area contributed by atoms with Crippen molar-refractivity contribution in [3.63, 3.8) is 0 Å². The molecule has 1 aromatic heterocycles. The molecule has 0 aliphatic carbocycles. The Morgan fingerprint density at radius 3 is 3.18 bits per heavy atom. The van der Waals surface area contributed by atoms with E-state index < -0.39 is 0 Å². The molecular weight excluding hydrogens is 281 g/mol. The Morgan fingerprint density at radius 1 is 1.50 bits per heavy atom. The van der Waals surface area contributed by atoms with E-state index in [4.69, 9.17) is 0 Å². The first-order chi connectivity index (χ1) is 10.6. The molecule has 1 aliphatic rings.